The SMILES string of the molecule is CC1(C)OB(c2ccc(C#N)c(NCC3CCCO3)c2)OC1(C)C. The molecule has 0 aliphatic carbocycles. The summed E-state index contributed by atoms with van der Waals surface area (Å²) < 4.78 is 17.8. The van der Waals surface area contributed by atoms with Gasteiger partial charge in [0.2, 0.25) is 0 Å². The van der Waals surface area contributed by atoms with Gasteiger partial charge in [-0.2, -0.15) is 5.26 Å². The van der Waals surface area contributed by atoms with E-state index in [4.69, 9.17) is 14.0 Å². The third-order valence-electron chi connectivity index (χ3n) is 5.23. The molecule has 0 spiro atoms. The molecule has 0 aromatic heterocycles. The Morgan fingerprint density at radius 3 is 2.54 bits per heavy atom. The number of anilines is 1. The first kappa shape index (κ1) is 17.3. The third-order valence-corrected chi connectivity index (χ3v) is 5.23. The van der Waals surface area contributed by atoms with Gasteiger partial charge in [-0.15, -0.1) is 0 Å². The highest BCUT2D eigenvalue weighted by Crippen LogP contribution is 2.36. The first-order valence-corrected chi connectivity index (χ1v) is 8.57. The highest BCUT2D eigenvalue weighted by molar-refractivity contribution is 6.62. The van der Waals surface area contributed by atoms with Crippen molar-refractivity contribution in [2.75, 3.05) is 18.5 Å². The third kappa shape index (κ3) is 3.30. The Labute approximate surface area is 144 Å². The van der Waals surface area contributed by atoms with E-state index in [1.165, 1.54) is 0 Å². The molecule has 1 aromatic carbocycles. The van der Waals surface area contributed by atoms with E-state index in [0.29, 0.717) is 12.1 Å². The van der Waals surface area contributed by atoms with Crippen LogP contribution in [0.25, 0.3) is 0 Å². The lowest BCUT2D eigenvalue weighted by molar-refractivity contribution is 0.00578. The first-order valence-electron chi connectivity index (χ1n) is 8.57. The topological polar surface area (TPSA) is 63.5 Å². The highest BCUT2D eigenvalue weighted by atomic mass is 16.7. The maximum Gasteiger partial charge on any atom is 0.494 e. The molecule has 2 aliphatic rings. The van der Waals surface area contributed by atoms with E-state index in [9.17, 15) is 5.26 Å². The molecule has 2 fully saturated rings. The Balaban J connectivity index is 1.78. The summed E-state index contributed by atoms with van der Waals surface area (Å²) in [6, 6.07) is 7.91. The summed E-state index contributed by atoms with van der Waals surface area (Å²) in [5.74, 6) is 0. The van der Waals surface area contributed by atoms with Crippen LogP contribution in [0.4, 0.5) is 5.69 Å². The van der Waals surface area contributed by atoms with Crippen LogP contribution in [0.5, 0.6) is 0 Å². The van der Waals surface area contributed by atoms with Crippen molar-refractivity contribution in [2.24, 2.45) is 0 Å². The molecule has 3 rings (SSSR count). The van der Waals surface area contributed by atoms with Crippen LogP contribution in [0.2, 0.25) is 0 Å². The smallest absolute Gasteiger partial charge is 0.399 e. The summed E-state index contributed by atoms with van der Waals surface area (Å²) in [6.45, 7) is 9.67. The molecule has 2 saturated heterocycles. The minimum atomic E-state index is -0.425. The van der Waals surface area contributed by atoms with Crippen LogP contribution < -0.4 is 10.8 Å². The summed E-state index contributed by atoms with van der Waals surface area (Å²) in [5, 5.41) is 12.7. The summed E-state index contributed by atoms with van der Waals surface area (Å²) >= 11 is 0. The lowest BCUT2D eigenvalue weighted by atomic mass is 9.78. The molecule has 0 bridgehead atoms. The largest absolute Gasteiger partial charge is 0.494 e. The summed E-state index contributed by atoms with van der Waals surface area (Å²) in [6.07, 6.45) is 2.38. The molecule has 24 heavy (non-hydrogen) atoms. The molecule has 5 nitrogen and oxygen atoms in total. The van der Waals surface area contributed by atoms with Crippen molar-refractivity contribution < 1.29 is 14.0 Å². The monoisotopic (exact) mass is 328 g/mol. The number of nitrogens with zero attached hydrogens (tertiary/aromatic N) is 1. The van der Waals surface area contributed by atoms with Crippen LogP contribution in [0.1, 0.15) is 46.1 Å². The summed E-state index contributed by atoms with van der Waals surface area (Å²) in [4.78, 5) is 0. The van der Waals surface area contributed by atoms with Crippen molar-refractivity contribution in [1.29, 1.82) is 5.26 Å². The van der Waals surface area contributed by atoms with E-state index >= 15 is 0 Å². The minimum absolute atomic E-state index is 0.219. The van der Waals surface area contributed by atoms with Gasteiger partial charge in [-0.3, -0.25) is 0 Å². The summed E-state index contributed by atoms with van der Waals surface area (Å²) in [5.41, 5.74) is 1.59. The molecule has 0 radical (unpaired) electrons. The lowest BCUT2D eigenvalue weighted by Gasteiger charge is -2.32. The lowest BCUT2D eigenvalue weighted by Crippen LogP contribution is -2.41. The van der Waals surface area contributed by atoms with Crippen molar-refractivity contribution in [3.05, 3.63) is 23.8 Å². The van der Waals surface area contributed by atoms with Gasteiger partial charge in [0.25, 0.3) is 0 Å². The van der Waals surface area contributed by atoms with Gasteiger partial charge < -0.3 is 19.4 Å². The molecule has 128 valence electrons. The first-order chi connectivity index (χ1) is 11.3. The standard InChI is InChI=1S/C18H25BN2O3/c1-17(2)18(3,4)24-19(23-17)14-8-7-13(11-20)16(10-14)21-12-15-6-5-9-22-15/h7-8,10,15,21H,5-6,9,12H2,1-4H3. The van der Waals surface area contributed by atoms with Gasteiger partial charge in [0.05, 0.1) is 28.6 Å². The van der Waals surface area contributed by atoms with Crippen LogP contribution >= 0.6 is 0 Å². The van der Waals surface area contributed by atoms with E-state index < -0.39 is 7.12 Å². The van der Waals surface area contributed by atoms with E-state index in [0.717, 1.165) is 30.6 Å². The molecule has 0 saturated carbocycles. The quantitative estimate of drug-likeness (QED) is 0.860. The normalized spacial score (nSPS) is 24.8. The molecular formula is C18H25BN2O3. The Hall–Kier alpha value is -1.55. The van der Waals surface area contributed by atoms with Gasteiger partial charge >= 0.3 is 7.12 Å². The van der Waals surface area contributed by atoms with Gasteiger partial charge in [-0.25, -0.2) is 0 Å². The van der Waals surface area contributed by atoms with Gasteiger partial charge in [-0.1, -0.05) is 6.07 Å². The number of ether oxygens (including phenoxy) is 1. The second kappa shape index (κ2) is 6.40. The maximum absolute atomic E-state index is 9.35. The zero-order valence-corrected chi connectivity index (χ0v) is 14.9. The van der Waals surface area contributed by atoms with Crippen LogP contribution in [0.15, 0.2) is 18.2 Å². The molecule has 1 atom stereocenters. The van der Waals surface area contributed by atoms with Gasteiger partial charge in [0.1, 0.15) is 6.07 Å². The van der Waals surface area contributed by atoms with Crippen molar-refractivity contribution in [3.8, 4) is 6.07 Å². The van der Waals surface area contributed by atoms with E-state index in [1.54, 1.807) is 0 Å². The number of nitriles is 1. The van der Waals surface area contributed by atoms with Crippen LogP contribution in [-0.4, -0.2) is 37.6 Å². The molecule has 2 aliphatic heterocycles. The molecule has 0 amide bonds. The second-order valence-corrected chi connectivity index (χ2v) is 7.52. The summed E-state index contributed by atoms with van der Waals surface area (Å²) in [7, 11) is -0.425. The average Bonchev–Trinajstić information content (AvgIpc) is 3.11. The molecule has 2 heterocycles. The fraction of sp³-hybridized carbons (Fsp3) is 0.611. The number of benzene rings is 1. The van der Waals surface area contributed by atoms with Crippen molar-refractivity contribution in [3.63, 3.8) is 0 Å². The van der Waals surface area contributed by atoms with Crippen LogP contribution in [0.3, 0.4) is 0 Å². The van der Waals surface area contributed by atoms with Gasteiger partial charge in [0.15, 0.2) is 0 Å². The second-order valence-electron chi connectivity index (χ2n) is 7.52. The highest BCUT2D eigenvalue weighted by Gasteiger charge is 2.51. The van der Waals surface area contributed by atoms with E-state index in [-0.39, 0.29) is 17.3 Å². The number of hydrogen-bond donors (Lipinski definition) is 1. The minimum Gasteiger partial charge on any atom is -0.399 e. The molecule has 1 unspecified atom stereocenters. The van der Waals surface area contributed by atoms with E-state index in [1.807, 2.05) is 45.9 Å². The zero-order chi connectivity index (χ0) is 17.4. The van der Waals surface area contributed by atoms with Gasteiger partial charge in [-0.05, 0) is 58.1 Å². The molecule has 1 aromatic rings. The van der Waals surface area contributed by atoms with E-state index in [2.05, 4.69) is 11.4 Å². The number of rotatable bonds is 4. The Morgan fingerprint density at radius 2 is 1.96 bits per heavy atom. The Morgan fingerprint density at radius 1 is 1.25 bits per heavy atom. The molecule has 1 N–H and O–H groups in total. The molecule has 6 heteroatoms. The predicted molar refractivity (Wildman–Crippen MR) is 94.3 cm³/mol. The van der Waals surface area contributed by atoms with Crippen LogP contribution in [-0.2, 0) is 14.0 Å². The van der Waals surface area contributed by atoms with Crippen molar-refractivity contribution in [2.45, 2.75) is 57.8 Å². The number of nitrogens with one attached hydrogen (secondary N) is 1. The Kier molecular flexibility index (Phi) is 4.61. The fourth-order valence-electron chi connectivity index (χ4n) is 2.96. The van der Waals surface area contributed by atoms with Gasteiger partial charge in [0, 0.05) is 13.2 Å². The number of hydrogen-bond acceptors (Lipinski definition) is 5. The van der Waals surface area contributed by atoms with Crippen LogP contribution in [0, 0.1) is 11.3 Å². The zero-order valence-electron chi connectivity index (χ0n) is 14.9. The fourth-order valence-corrected chi connectivity index (χ4v) is 2.96. The van der Waals surface area contributed by atoms with Crippen molar-refractivity contribution in [1.82, 2.24) is 0 Å². The van der Waals surface area contributed by atoms with Crippen molar-refractivity contribution >= 4 is 18.3 Å². The average molecular weight is 328 g/mol. The maximum atomic E-state index is 9.35. The molecular weight excluding hydrogens is 303 g/mol. The predicted octanol–water partition coefficient (Wildman–Crippen LogP) is 2.45. The Bertz CT molecular complexity index is 632.